The molecule has 0 aliphatic carbocycles. The molecule has 1 aromatic carbocycles. The third kappa shape index (κ3) is 5.72. The molecule has 34 heavy (non-hydrogen) atoms. The molecule has 1 fully saturated rings. The number of amides is 2. The summed E-state index contributed by atoms with van der Waals surface area (Å²) in [6.45, 7) is 4.64. The van der Waals surface area contributed by atoms with Gasteiger partial charge in [-0.2, -0.15) is 13.2 Å². The van der Waals surface area contributed by atoms with E-state index >= 15 is 0 Å². The first kappa shape index (κ1) is 25.6. The van der Waals surface area contributed by atoms with Gasteiger partial charge in [0, 0.05) is 19.1 Å². The number of nitrogens with zero attached hydrogens (tertiary/aromatic N) is 1. The van der Waals surface area contributed by atoms with Crippen LogP contribution in [0.2, 0.25) is 0 Å². The molecule has 0 bridgehead atoms. The summed E-state index contributed by atoms with van der Waals surface area (Å²) >= 11 is 0. The summed E-state index contributed by atoms with van der Waals surface area (Å²) in [5.41, 5.74) is -1.28. The van der Waals surface area contributed by atoms with Gasteiger partial charge in [-0.1, -0.05) is 12.1 Å². The van der Waals surface area contributed by atoms with Crippen molar-refractivity contribution in [3.05, 3.63) is 59.2 Å². The second-order valence-electron chi connectivity index (χ2n) is 8.74. The number of anilines is 1. The monoisotopic (exact) mass is 481 g/mol. The van der Waals surface area contributed by atoms with E-state index in [0.29, 0.717) is 18.7 Å². The number of piperidine rings is 1. The minimum atomic E-state index is -4.47. The molecule has 2 unspecified atom stereocenters. The normalized spacial score (nSPS) is 19.0. The Labute approximate surface area is 195 Å². The number of halogens is 4. The summed E-state index contributed by atoms with van der Waals surface area (Å²) in [5, 5.41) is 5.28. The first-order valence-corrected chi connectivity index (χ1v) is 10.9. The fourth-order valence-electron chi connectivity index (χ4n) is 3.77. The van der Waals surface area contributed by atoms with Crippen LogP contribution in [0.4, 0.5) is 23.2 Å². The molecular formula is C24H27F4N3O3. The molecule has 0 radical (unpaired) electrons. The van der Waals surface area contributed by atoms with Crippen molar-refractivity contribution in [3.8, 4) is 0 Å². The Balaban J connectivity index is 1.66. The van der Waals surface area contributed by atoms with Crippen molar-refractivity contribution in [3.63, 3.8) is 0 Å². The zero-order valence-corrected chi connectivity index (χ0v) is 19.1. The standard InChI is InChI=1S/C24H27F4N3O3/c1-4-34-19-11-21(32)30-13-17(19)14-5-6-15(18(25)9-14)10-22(33)31-16-7-8-20(29-12-16)23(2,3)24(26,27)28/h5-9,12,17,19H,4,10-11,13H2,1-3H3,(H,30,32)(H,31,33). The van der Waals surface area contributed by atoms with E-state index in [-0.39, 0.29) is 47.7 Å². The van der Waals surface area contributed by atoms with E-state index in [1.54, 1.807) is 6.07 Å². The molecule has 1 aliphatic heterocycles. The van der Waals surface area contributed by atoms with Gasteiger partial charge in [0.2, 0.25) is 11.8 Å². The summed E-state index contributed by atoms with van der Waals surface area (Å²) in [6.07, 6.45) is -3.76. The van der Waals surface area contributed by atoms with Crippen LogP contribution >= 0.6 is 0 Å². The van der Waals surface area contributed by atoms with Crippen LogP contribution in [0.15, 0.2) is 36.5 Å². The number of hydrogen-bond donors (Lipinski definition) is 2. The SMILES string of the molecule is CCOC1CC(=O)NCC1c1ccc(CC(=O)Nc2ccc(C(C)(C)C(F)(F)F)nc2)c(F)c1. The Hall–Kier alpha value is -3.01. The summed E-state index contributed by atoms with van der Waals surface area (Å²) in [4.78, 5) is 27.9. The lowest BCUT2D eigenvalue weighted by atomic mass is 9.87. The highest BCUT2D eigenvalue weighted by molar-refractivity contribution is 5.92. The second-order valence-corrected chi connectivity index (χ2v) is 8.74. The number of pyridine rings is 1. The van der Waals surface area contributed by atoms with Crippen LogP contribution in [0, 0.1) is 5.82 Å². The number of hydrogen-bond acceptors (Lipinski definition) is 4. The Morgan fingerprint density at radius 3 is 2.56 bits per heavy atom. The summed E-state index contributed by atoms with van der Waals surface area (Å²) in [5.74, 6) is -1.43. The predicted molar refractivity (Wildman–Crippen MR) is 118 cm³/mol. The first-order chi connectivity index (χ1) is 15.9. The summed E-state index contributed by atoms with van der Waals surface area (Å²) in [6, 6.07) is 7.09. The molecule has 2 amide bonds. The van der Waals surface area contributed by atoms with Crippen LogP contribution in [-0.4, -0.2) is 42.2 Å². The number of carbonyl (C=O) groups is 2. The van der Waals surface area contributed by atoms with Gasteiger partial charge in [-0.05, 0) is 50.1 Å². The number of carbonyl (C=O) groups excluding carboxylic acids is 2. The fourth-order valence-corrected chi connectivity index (χ4v) is 3.77. The molecule has 1 aliphatic rings. The van der Waals surface area contributed by atoms with Crippen LogP contribution in [0.5, 0.6) is 0 Å². The topological polar surface area (TPSA) is 80.3 Å². The van der Waals surface area contributed by atoms with Crippen molar-refractivity contribution in [2.45, 2.75) is 57.2 Å². The number of alkyl halides is 3. The molecule has 3 rings (SSSR count). The van der Waals surface area contributed by atoms with E-state index in [4.69, 9.17) is 4.74 Å². The van der Waals surface area contributed by atoms with Crippen molar-refractivity contribution in [2.75, 3.05) is 18.5 Å². The molecule has 1 saturated heterocycles. The third-order valence-corrected chi connectivity index (χ3v) is 5.99. The lowest BCUT2D eigenvalue weighted by Crippen LogP contribution is -2.43. The summed E-state index contributed by atoms with van der Waals surface area (Å²) in [7, 11) is 0. The van der Waals surface area contributed by atoms with E-state index in [1.807, 2.05) is 6.92 Å². The van der Waals surface area contributed by atoms with Gasteiger partial charge in [0.1, 0.15) is 11.2 Å². The summed E-state index contributed by atoms with van der Waals surface area (Å²) < 4.78 is 59.9. The number of benzene rings is 1. The average Bonchev–Trinajstić information content (AvgIpc) is 2.75. The van der Waals surface area contributed by atoms with Gasteiger partial charge in [-0.25, -0.2) is 4.39 Å². The lowest BCUT2D eigenvalue weighted by molar-refractivity contribution is -0.181. The Morgan fingerprint density at radius 1 is 1.24 bits per heavy atom. The molecule has 2 N–H and O–H groups in total. The smallest absolute Gasteiger partial charge is 0.377 e. The van der Waals surface area contributed by atoms with Crippen molar-refractivity contribution < 1.29 is 31.9 Å². The lowest BCUT2D eigenvalue weighted by Gasteiger charge is -2.31. The minimum absolute atomic E-state index is 0.118. The third-order valence-electron chi connectivity index (χ3n) is 5.99. The van der Waals surface area contributed by atoms with Crippen molar-refractivity contribution in [2.24, 2.45) is 0 Å². The zero-order valence-electron chi connectivity index (χ0n) is 19.1. The van der Waals surface area contributed by atoms with Crippen LogP contribution in [0.1, 0.15) is 49.9 Å². The average molecular weight is 481 g/mol. The van der Waals surface area contributed by atoms with Gasteiger partial charge in [0.15, 0.2) is 0 Å². The van der Waals surface area contributed by atoms with Crippen molar-refractivity contribution in [1.82, 2.24) is 10.3 Å². The maximum atomic E-state index is 14.8. The highest BCUT2D eigenvalue weighted by Crippen LogP contribution is 2.39. The number of rotatable bonds is 7. The van der Waals surface area contributed by atoms with Gasteiger partial charge < -0.3 is 15.4 Å². The number of ether oxygens (including phenoxy) is 1. The van der Waals surface area contributed by atoms with Gasteiger partial charge in [-0.3, -0.25) is 14.6 Å². The quantitative estimate of drug-likeness (QED) is 0.580. The molecule has 2 aromatic rings. The molecule has 0 saturated carbocycles. The predicted octanol–water partition coefficient (Wildman–Crippen LogP) is 4.25. The van der Waals surface area contributed by atoms with Crippen molar-refractivity contribution >= 4 is 17.5 Å². The van der Waals surface area contributed by atoms with E-state index < -0.39 is 23.3 Å². The molecule has 184 valence electrons. The molecule has 0 spiro atoms. The second kappa shape index (κ2) is 10.1. The minimum Gasteiger partial charge on any atom is -0.377 e. The number of aromatic nitrogens is 1. The number of nitrogens with one attached hydrogen (secondary N) is 2. The Kier molecular flexibility index (Phi) is 7.60. The fraction of sp³-hybridized carbons (Fsp3) is 0.458. The Morgan fingerprint density at radius 2 is 1.97 bits per heavy atom. The maximum absolute atomic E-state index is 14.8. The van der Waals surface area contributed by atoms with Gasteiger partial charge in [0.25, 0.3) is 0 Å². The molecule has 1 aromatic heterocycles. The molecule has 10 heteroatoms. The highest BCUT2D eigenvalue weighted by Gasteiger charge is 2.49. The van der Waals surface area contributed by atoms with Gasteiger partial charge in [0.05, 0.1) is 36.5 Å². The van der Waals surface area contributed by atoms with Crippen molar-refractivity contribution in [1.29, 1.82) is 0 Å². The van der Waals surface area contributed by atoms with E-state index in [1.165, 1.54) is 24.3 Å². The highest BCUT2D eigenvalue weighted by atomic mass is 19.4. The van der Waals surface area contributed by atoms with Crippen LogP contribution in [-0.2, 0) is 26.2 Å². The molecule has 2 atom stereocenters. The van der Waals surface area contributed by atoms with Crippen LogP contribution in [0.25, 0.3) is 0 Å². The molecule has 6 nitrogen and oxygen atoms in total. The maximum Gasteiger partial charge on any atom is 0.399 e. The Bertz CT molecular complexity index is 1040. The van der Waals surface area contributed by atoms with E-state index in [0.717, 1.165) is 20.0 Å². The first-order valence-electron chi connectivity index (χ1n) is 10.9. The zero-order chi connectivity index (χ0) is 25.1. The van der Waals surface area contributed by atoms with Crippen LogP contribution < -0.4 is 10.6 Å². The molecule has 2 heterocycles. The van der Waals surface area contributed by atoms with Gasteiger partial charge in [-0.15, -0.1) is 0 Å². The molecular weight excluding hydrogens is 454 g/mol. The van der Waals surface area contributed by atoms with E-state index in [2.05, 4.69) is 15.6 Å². The largest absolute Gasteiger partial charge is 0.399 e. The van der Waals surface area contributed by atoms with Crippen LogP contribution in [0.3, 0.4) is 0 Å². The van der Waals surface area contributed by atoms with E-state index in [9.17, 15) is 27.2 Å². The van der Waals surface area contributed by atoms with Gasteiger partial charge >= 0.3 is 6.18 Å².